The molecule has 0 aliphatic heterocycles. The zero-order chi connectivity index (χ0) is 15.5. The van der Waals surface area contributed by atoms with E-state index >= 15 is 0 Å². The minimum absolute atomic E-state index is 0.00550. The molecule has 0 saturated heterocycles. The van der Waals surface area contributed by atoms with Crippen LogP contribution in [-0.2, 0) is 23.1 Å². The molecule has 0 bridgehead atoms. The van der Waals surface area contributed by atoms with E-state index in [9.17, 15) is 8.42 Å². The van der Waals surface area contributed by atoms with Gasteiger partial charge in [0.1, 0.15) is 18.2 Å². The van der Waals surface area contributed by atoms with E-state index in [4.69, 9.17) is 16.9 Å². The van der Waals surface area contributed by atoms with E-state index in [1.165, 1.54) is 24.5 Å². The number of nitriles is 1. The fraction of sp³-hybridized carbons (Fsp3) is 0.250. The van der Waals surface area contributed by atoms with Gasteiger partial charge in [-0.15, -0.1) is 10.2 Å². The number of aryl methyl sites for hydroxylation is 1. The van der Waals surface area contributed by atoms with Crippen molar-refractivity contribution in [2.75, 3.05) is 0 Å². The second-order valence-corrected chi connectivity index (χ2v) is 6.29. The van der Waals surface area contributed by atoms with Crippen LogP contribution in [0.15, 0.2) is 29.4 Å². The standard InChI is InChI=1S/C12H12ClN5O2S/c1-2-18-8-15-17-12(18)7-16-21(19,20)10-4-3-9(6-14)11(13)5-10/h3-5,8,16H,2,7H2,1H3. The highest BCUT2D eigenvalue weighted by molar-refractivity contribution is 7.89. The zero-order valence-electron chi connectivity index (χ0n) is 11.1. The number of nitrogens with zero attached hydrogens (tertiary/aromatic N) is 4. The van der Waals surface area contributed by atoms with Crippen molar-refractivity contribution < 1.29 is 8.42 Å². The third kappa shape index (κ3) is 3.39. The molecule has 2 rings (SSSR count). The molecule has 0 saturated carbocycles. The lowest BCUT2D eigenvalue weighted by molar-refractivity contribution is 0.575. The molecular weight excluding hydrogens is 314 g/mol. The van der Waals surface area contributed by atoms with E-state index in [0.29, 0.717) is 12.4 Å². The Bertz CT molecular complexity index is 794. The highest BCUT2D eigenvalue weighted by Crippen LogP contribution is 2.20. The Morgan fingerprint density at radius 2 is 2.24 bits per heavy atom. The van der Waals surface area contributed by atoms with Gasteiger partial charge >= 0.3 is 0 Å². The van der Waals surface area contributed by atoms with Crippen LogP contribution in [0.25, 0.3) is 0 Å². The molecule has 7 nitrogen and oxygen atoms in total. The molecule has 0 aliphatic carbocycles. The molecule has 0 unspecified atom stereocenters. The summed E-state index contributed by atoms with van der Waals surface area (Å²) in [6, 6.07) is 5.81. The fourth-order valence-corrected chi connectivity index (χ4v) is 2.97. The van der Waals surface area contributed by atoms with Crippen LogP contribution in [0, 0.1) is 11.3 Å². The number of nitrogens with one attached hydrogen (secondary N) is 1. The van der Waals surface area contributed by atoms with Crippen LogP contribution < -0.4 is 4.72 Å². The lowest BCUT2D eigenvalue weighted by Gasteiger charge is -2.08. The molecule has 0 aliphatic rings. The number of halogens is 1. The fourth-order valence-electron chi connectivity index (χ4n) is 1.68. The number of rotatable bonds is 5. The summed E-state index contributed by atoms with van der Waals surface area (Å²) in [6.45, 7) is 2.57. The number of hydrogen-bond acceptors (Lipinski definition) is 5. The summed E-state index contributed by atoms with van der Waals surface area (Å²) in [4.78, 5) is -0.00550. The topological polar surface area (TPSA) is 101 Å². The van der Waals surface area contributed by atoms with Crippen molar-refractivity contribution in [1.82, 2.24) is 19.5 Å². The van der Waals surface area contributed by atoms with Crippen LogP contribution in [0.2, 0.25) is 5.02 Å². The second kappa shape index (κ2) is 6.22. The molecule has 21 heavy (non-hydrogen) atoms. The molecule has 1 N–H and O–H groups in total. The molecule has 0 spiro atoms. The van der Waals surface area contributed by atoms with E-state index < -0.39 is 10.0 Å². The van der Waals surface area contributed by atoms with Crippen LogP contribution in [0.1, 0.15) is 18.3 Å². The van der Waals surface area contributed by atoms with Crippen LogP contribution in [0.5, 0.6) is 0 Å². The molecular formula is C12H12ClN5O2S. The predicted molar refractivity (Wildman–Crippen MR) is 75.9 cm³/mol. The Hall–Kier alpha value is -1.95. The van der Waals surface area contributed by atoms with Gasteiger partial charge in [-0.3, -0.25) is 0 Å². The van der Waals surface area contributed by atoms with Gasteiger partial charge in [0.15, 0.2) is 0 Å². The monoisotopic (exact) mass is 325 g/mol. The summed E-state index contributed by atoms with van der Waals surface area (Å²) in [5, 5.41) is 16.4. The normalized spacial score (nSPS) is 11.3. The Morgan fingerprint density at radius 3 is 2.86 bits per heavy atom. The largest absolute Gasteiger partial charge is 0.317 e. The molecule has 1 aromatic carbocycles. The van der Waals surface area contributed by atoms with E-state index in [2.05, 4.69) is 14.9 Å². The van der Waals surface area contributed by atoms with E-state index in [-0.39, 0.29) is 22.0 Å². The summed E-state index contributed by atoms with van der Waals surface area (Å²) < 4.78 is 28.5. The van der Waals surface area contributed by atoms with Gasteiger partial charge in [-0.25, -0.2) is 13.1 Å². The molecule has 0 radical (unpaired) electrons. The number of benzene rings is 1. The van der Waals surface area contributed by atoms with Gasteiger partial charge in [0, 0.05) is 6.54 Å². The zero-order valence-corrected chi connectivity index (χ0v) is 12.7. The lowest BCUT2D eigenvalue weighted by atomic mass is 10.2. The van der Waals surface area contributed by atoms with Crippen LogP contribution in [-0.4, -0.2) is 23.2 Å². The average molecular weight is 326 g/mol. The molecule has 0 atom stereocenters. The van der Waals surface area contributed by atoms with Crippen molar-refractivity contribution in [1.29, 1.82) is 5.26 Å². The Kier molecular flexibility index (Phi) is 4.57. The maximum Gasteiger partial charge on any atom is 0.241 e. The van der Waals surface area contributed by atoms with Gasteiger partial charge < -0.3 is 4.57 Å². The third-order valence-corrected chi connectivity index (χ3v) is 4.54. The minimum Gasteiger partial charge on any atom is -0.317 e. The quantitative estimate of drug-likeness (QED) is 0.893. The first kappa shape index (κ1) is 15.4. The van der Waals surface area contributed by atoms with Gasteiger partial charge in [0.05, 0.1) is 22.0 Å². The van der Waals surface area contributed by atoms with Crippen molar-refractivity contribution in [2.45, 2.75) is 24.9 Å². The first-order valence-electron chi connectivity index (χ1n) is 6.04. The van der Waals surface area contributed by atoms with Crippen molar-refractivity contribution in [3.63, 3.8) is 0 Å². The van der Waals surface area contributed by atoms with Crippen LogP contribution in [0.3, 0.4) is 0 Å². The number of hydrogen-bond donors (Lipinski definition) is 1. The van der Waals surface area contributed by atoms with Gasteiger partial charge in [0.25, 0.3) is 0 Å². The second-order valence-electron chi connectivity index (χ2n) is 4.11. The number of aromatic nitrogens is 3. The lowest BCUT2D eigenvalue weighted by Crippen LogP contribution is -2.25. The summed E-state index contributed by atoms with van der Waals surface area (Å²) in [5.74, 6) is 0.515. The predicted octanol–water partition coefficient (Wildman–Crippen LogP) is 1.30. The van der Waals surface area contributed by atoms with E-state index in [1.807, 2.05) is 13.0 Å². The van der Waals surface area contributed by atoms with E-state index in [0.717, 1.165) is 0 Å². The van der Waals surface area contributed by atoms with Crippen LogP contribution >= 0.6 is 11.6 Å². The Morgan fingerprint density at radius 1 is 1.48 bits per heavy atom. The first-order valence-corrected chi connectivity index (χ1v) is 7.90. The van der Waals surface area contributed by atoms with Gasteiger partial charge in [-0.1, -0.05) is 11.6 Å². The van der Waals surface area contributed by atoms with Crippen LogP contribution in [0.4, 0.5) is 0 Å². The first-order chi connectivity index (χ1) is 9.97. The summed E-state index contributed by atoms with van der Waals surface area (Å²) >= 11 is 5.84. The molecule has 0 amide bonds. The Balaban J connectivity index is 2.19. The van der Waals surface area contributed by atoms with E-state index in [1.54, 1.807) is 4.57 Å². The minimum atomic E-state index is -3.73. The van der Waals surface area contributed by atoms with Crippen molar-refractivity contribution in [3.05, 3.63) is 40.9 Å². The molecule has 0 fully saturated rings. The maximum atomic E-state index is 12.2. The van der Waals surface area contributed by atoms with Gasteiger partial charge in [-0.05, 0) is 25.1 Å². The molecule has 110 valence electrons. The average Bonchev–Trinajstić information content (AvgIpc) is 2.92. The highest BCUT2D eigenvalue weighted by atomic mass is 35.5. The molecule has 1 heterocycles. The summed E-state index contributed by atoms with van der Waals surface area (Å²) in [5.41, 5.74) is 0.223. The Labute approximate surface area is 127 Å². The molecule has 9 heteroatoms. The SMILES string of the molecule is CCn1cnnc1CNS(=O)(=O)c1ccc(C#N)c(Cl)c1. The van der Waals surface area contributed by atoms with Crippen molar-refractivity contribution in [2.24, 2.45) is 0 Å². The third-order valence-electron chi connectivity index (χ3n) is 2.83. The summed E-state index contributed by atoms with van der Waals surface area (Å²) in [7, 11) is -3.73. The van der Waals surface area contributed by atoms with Gasteiger partial charge in [0.2, 0.25) is 10.0 Å². The van der Waals surface area contributed by atoms with Gasteiger partial charge in [-0.2, -0.15) is 5.26 Å². The molecule has 1 aromatic heterocycles. The number of sulfonamides is 1. The summed E-state index contributed by atoms with van der Waals surface area (Å²) in [6.07, 6.45) is 1.53. The highest BCUT2D eigenvalue weighted by Gasteiger charge is 2.16. The molecule has 2 aromatic rings. The smallest absolute Gasteiger partial charge is 0.241 e. The maximum absolute atomic E-state index is 12.2. The van der Waals surface area contributed by atoms with Crippen molar-refractivity contribution in [3.8, 4) is 6.07 Å². The van der Waals surface area contributed by atoms with Crippen molar-refractivity contribution >= 4 is 21.6 Å².